The predicted molar refractivity (Wildman–Crippen MR) is 145 cm³/mol. The minimum atomic E-state index is -4.31. The molecule has 9 nitrogen and oxygen atoms in total. The van der Waals surface area contributed by atoms with E-state index in [2.05, 4.69) is 10.0 Å². The Morgan fingerprint density at radius 2 is 1.82 bits per heavy atom. The number of nitrogens with zero attached hydrogens (tertiary/aromatic N) is 2. The highest BCUT2D eigenvalue weighted by molar-refractivity contribution is 7.92. The molecular weight excluding hydrogens is 549 g/mol. The highest BCUT2D eigenvalue weighted by atomic mass is 32.2. The summed E-state index contributed by atoms with van der Waals surface area (Å²) in [5.41, 5.74) is 0.736. The average Bonchev–Trinajstić information content (AvgIpc) is 3.43. The molecule has 218 valence electrons. The van der Waals surface area contributed by atoms with Gasteiger partial charge in [0, 0.05) is 25.3 Å². The molecule has 13 heteroatoms. The number of aromatic nitrogens is 1. The number of pyridine rings is 1. The van der Waals surface area contributed by atoms with Gasteiger partial charge in [-0.25, -0.2) is 8.42 Å². The van der Waals surface area contributed by atoms with Gasteiger partial charge < -0.3 is 19.9 Å². The zero-order chi connectivity index (χ0) is 28.7. The van der Waals surface area contributed by atoms with E-state index >= 15 is 0 Å². The van der Waals surface area contributed by atoms with Crippen LogP contribution in [-0.4, -0.2) is 55.6 Å². The number of aliphatic hydroxyl groups excluding tert-OH is 1. The summed E-state index contributed by atoms with van der Waals surface area (Å²) in [6.07, 6.45) is 1.39. The molecule has 40 heavy (non-hydrogen) atoms. The predicted octanol–water partition coefficient (Wildman–Crippen LogP) is 4.12. The number of halogens is 3. The molecule has 2 atom stereocenters. The number of carbonyl (C=O) groups excluding carboxylic acids is 1. The Kier molecular flexibility index (Phi) is 7.64. The average molecular weight is 583 g/mol. The second kappa shape index (κ2) is 10.7. The molecule has 3 N–H and O–H groups in total. The van der Waals surface area contributed by atoms with Crippen LogP contribution in [0.15, 0.2) is 41.3 Å². The summed E-state index contributed by atoms with van der Waals surface area (Å²) in [4.78, 5) is 28.7. The smallest absolute Gasteiger partial charge is 0.391 e. The maximum absolute atomic E-state index is 13.5. The second-order valence-electron chi connectivity index (χ2n) is 11.2. The van der Waals surface area contributed by atoms with Gasteiger partial charge in [0.05, 0.1) is 35.2 Å². The van der Waals surface area contributed by atoms with Crippen LogP contribution in [0.25, 0.3) is 0 Å². The van der Waals surface area contributed by atoms with Crippen molar-refractivity contribution >= 4 is 33.0 Å². The first kappa shape index (κ1) is 28.5. The minimum absolute atomic E-state index is 0.0442. The highest BCUT2D eigenvalue weighted by Crippen LogP contribution is 2.54. The number of nitrogens with one attached hydrogen (secondary N) is 2. The van der Waals surface area contributed by atoms with Gasteiger partial charge in [-0.1, -0.05) is 0 Å². The van der Waals surface area contributed by atoms with Crippen molar-refractivity contribution in [1.82, 2.24) is 4.57 Å². The summed E-state index contributed by atoms with van der Waals surface area (Å²) in [7, 11) is -3.79. The molecular formula is C27H33F3N4O5S. The Labute approximate surface area is 230 Å². The lowest BCUT2D eigenvalue weighted by molar-refractivity contribution is -0.173. The number of alkyl halides is 3. The summed E-state index contributed by atoms with van der Waals surface area (Å²) in [5.74, 6) is -2.51. The third-order valence-corrected chi connectivity index (χ3v) is 9.75. The molecule has 2 aromatic rings. The van der Waals surface area contributed by atoms with Crippen LogP contribution in [-0.2, 0) is 10.0 Å². The second-order valence-corrected chi connectivity index (χ2v) is 13.0. The Balaban J connectivity index is 1.39. The van der Waals surface area contributed by atoms with Crippen molar-refractivity contribution in [2.75, 3.05) is 40.4 Å². The maximum atomic E-state index is 13.5. The van der Waals surface area contributed by atoms with Crippen molar-refractivity contribution in [1.29, 1.82) is 0 Å². The summed E-state index contributed by atoms with van der Waals surface area (Å²) in [6, 6.07) is 6.84. The fourth-order valence-electron chi connectivity index (χ4n) is 5.89. The van der Waals surface area contributed by atoms with Gasteiger partial charge in [0.25, 0.3) is 11.5 Å². The molecule has 2 saturated carbocycles. The molecule has 1 saturated heterocycles. The van der Waals surface area contributed by atoms with Gasteiger partial charge in [-0.15, -0.1) is 0 Å². The van der Waals surface area contributed by atoms with E-state index in [1.54, 1.807) is 6.07 Å². The zero-order valence-corrected chi connectivity index (χ0v) is 22.7. The number of hydrogen-bond donors (Lipinski definition) is 3. The summed E-state index contributed by atoms with van der Waals surface area (Å²) in [6.45, 7) is 0.837. The number of hydrogen-bond acceptors (Lipinski definition) is 6. The van der Waals surface area contributed by atoms with Crippen LogP contribution >= 0.6 is 0 Å². The normalized spacial score (nSPS) is 22.4. The van der Waals surface area contributed by atoms with Crippen LogP contribution in [0.1, 0.15) is 61.3 Å². The number of sulfonamides is 1. The topological polar surface area (TPSA) is 121 Å². The number of aliphatic hydroxyl groups is 1. The molecule has 1 amide bonds. The fraction of sp³-hybridized carbons (Fsp3) is 0.556. The van der Waals surface area contributed by atoms with Crippen LogP contribution in [0.4, 0.5) is 30.2 Å². The molecule has 1 aromatic carbocycles. The third kappa shape index (κ3) is 6.14. The van der Waals surface area contributed by atoms with Gasteiger partial charge in [-0.05, 0) is 80.7 Å². The molecule has 2 aliphatic carbocycles. The lowest BCUT2D eigenvalue weighted by atomic mass is 9.93. The molecule has 0 bridgehead atoms. The Morgan fingerprint density at radius 1 is 1.10 bits per heavy atom. The van der Waals surface area contributed by atoms with E-state index in [1.165, 1.54) is 47.9 Å². The first-order chi connectivity index (χ1) is 18.9. The quantitative estimate of drug-likeness (QED) is 0.431. The van der Waals surface area contributed by atoms with Crippen molar-refractivity contribution < 1.29 is 31.5 Å². The Morgan fingerprint density at radius 3 is 2.45 bits per heavy atom. The largest absolute Gasteiger partial charge is 0.395 e. The summed E-state index contributed by atoms with van der Waals surface area (Å²) in [5, 5.41) is 11.7. The van der Waals surface area contributed by atoms with Crippen LogP contribution in [0.3, 0.4) is 0 Å². The standard InChI is InChI=1S/C27H33F3N4O5S/c28-27(29,30)18-3-5-20(16-18)34-11-1-2-22(25(34)37)31-24(36)21-6-4-19(32-40(38,39)15-14-35)17-23(21)33-12-9-26(7-8-26)10-13-33/h1-2,4,6,11,17-18,20,32,35H,3,5,7-10,12-16H2,(H,31,36)/t18-,20-/m0/s1. The van der Waals surface area contributed by atoms with Gasteiger partial charge in [0.2, 0.25) is 10.0 Å². The van der Waals surface area contributed by atoms with Crippen LogP contribution < -0.4 is 20.5 Å². The summed E-state index contributed by atoms with van der Waals surface area (Å²) < 4.78 is 67.7. The molecule has 1 spiro atoms. The van der Waals surface area contributed by atoms with E-state index in [0.29, 0.717) is 24.2 Å². The minimum Gasteiger partial charge on any atom is -0.395 e. The van der Waals surface area contributed by atoms with E-state index in [9.17, 15) is 31.2 Å². The van der Waals surface area contributed by atoms with Crippen molar-refractivity contribution in [2.45, 2.75) is 57.2 Å². The van der Waals surface area contributed by atoms with E-state index in [4.69, 9.17) is 5.11 Å². The van der Waals surface area contributed by atoms with Crippen molar-refractivity contribution in [3.05, 3.63) is 52.4 Å². The van der Waals surface area contributed by atoms with E-state index in [0.717, 1.165) is 12.8 Å². The van der Waals surface area contributed by atoms with Gasteiger partial charge in [-0.3, -0.25) is 14.3 Å². The number of carbonyl (C=O) groups is 1. The lowest BCUT2D eigenvalue weighted by Crippen LogP contribution is -2.36. The first-order valence-corrected chi connectivity index (χ1v) is 15.1. The highest BCUT2D eigenvalue weighted by Gasteiger charge is 2.45. The van der Waals surface area contributed by atoms with Gasteiger partial charge in [-0.2, -0.15) is 13.2 Å². The third-order valence-electron chi connectivity index (χ3n) is 8.48. The lowest BCUT2D eigenvalue weighted by Gasteiger charge is -2.35. The first-order valence-electron chi connectivity index (χ1n) is 13.5. The van der Waals surface area contributed by atoms with Gasteiger partial charge >= 0.3 is 6.18 Å². The molecule has 1 aliphatic heterocycles. The fourth-order valence-corrected chi connectivity index (χ4v) is 6.72. The maximum Gasteiger partial charge on any atom is 0.391 e. The number of anilines is 3. The summed E-state index contributed by atoms with van der Waals surface area (Å²) >= 11 is 0. The molecule has 3 aliphatic rings. The van der Waals surface area contributed by atoms with E-state index < -0.39 is 52.0 Å². The Hall–Kier alpha value is -3.06. The van der Waals surface area contributed by atoms with Gasteiger partial charge in [0.15, 0.2) is 0 Å². The molecule has 5 rings (SSSR count). The van der Waals surface area contributed by atoms with Crippen LogP contribution in [0.2, 0.25) is 0 Å². The van der Waals surface area contributed by atoms with E-state index in [1.807, 2.05) is 4.90 Å². The molecule has 2 heterocycles. The van der Waals surface area contributed by atoms with E-state index in [-0.39, 0.29) is 36.2 Å². The zero-order valence-electron chi connectivity index (χ0n) is 21.9. The number of benzene rings is 1. The molecule has 1 aromatic heterocycles. The molecule has 0 radical (unpaired) electrons. The van der Waals surface area contributed by atoms with Crippen molar-refractivity contribution in [2.24, 2.45) is 11.3 Å². The number of amides is 1. The van der Waals surface area contributed by atoms with Gasteiger partial charge in [0.1, 0.15) is 5.69 Å². The van der Waals surface area contributed by atoms with Crippen LogP contribution in [0, 0.1) is 11.3 Å². The monoisotopic (exact) mass is 582 g/mol. The SMILES string of the molecule is O=C(Nc1cccn([C@H]2CC[C@H](C(F)(F)F)C2)c1=O)c1ccc(NS(=O)(=O)CCO)cc1N1CCC2(CC1)CC2. The van der Waals surface area contributed by atoms with Crippen molar-refractivity contribution in [3.63, 3.8) is 0 Å². The number of rotatable bonds is 8. The molecule has 0 unspecified atom stereocenters. The van der Waals surface area contributed by atoms with Crippen LogP contribution in [0.5, 0.6) is 0 Å². The Bertz CT molecular complexity index is 1430. The molecule has 3 fully saturated rings. The number of piperidine rings is 1. The van der Waals surface area contributed by atoms with Crippen molar-refractivity contribution in [3.8, 4) is 0 Å².